The molecule has 1 aliphatic heterocycles. The summed E-state index contributed by atoms with van der Waals surface area (Å²) in [7, 11) is 0. The van der Waals surface area contributed by atoms with E-state index >= 15 is 0 Å². The fourth-order valence-corrected chi connectivity index (χ4v) is 2.89. The van der Waals surface area contributed by atoms with Crippen LogP contribution >= 0.6 is 0 Å². The minimum absolute atomic E-state index is 0.0585. The van der Waals surface area contributed by atoms with Crippen LogP contribution in [0.5, 0.6) is 0 Å². The summed E-state index contributed by atoms with van der Waals surface area (Å²) in [5.41, 5.74) is 2.14. The van der Waals surface area contributed by atoms with Crippen molar-refractivity contribution in [1.29, 1.82) is 0 Å². The van der Waals surface area contributed by atoms with Crippen LogP contribution in [0.15, 0.2) is 23.8 Å². The SMILES string of the molecule is C=C1CCC=C(C)CCC2C1OC(=O)C2(C)C. The van der Waals surface area contributed by atoms with E-state index in [4.69, 9.17) is 4.74 Å². The molecule has 2 rings (SSSR count). The number of esters is 1. The third-order valence-corrected chi connectivity index (χ3v) is 4.26. The fourth-order valence-electron chi connectivity index (χ4n) is 2.89. The highest BCUT2D eigenvalue weighted by Gasteiger charge is 2.51. The maximum absolute atomic E-state index is 11.9. The van der Waals surface area contributed by atoms with Crippen LogP contribution in [0.4, 0.5) is 0 Å². The van der Waals surface area contributed by atoms with Gasteiger partial charge in [0.15, 0.2) is 0 Å². The van der Waals surface area contributed by atoms with Crippen molar-refractivity contribution >= 4 is 5.97 Å². The van der Waals surface area contributed by atoms with Gasteiger partial charge in [0.25, 0.3) is 0 Å². The van der Waals surface area contributed by atoms with Gasteiger partial charge in [-0.25, -0.2) is 0 Å². The van der Waals surface area contributed by atoms with Gasteiger partial charge in [0.05, 0.1) is 5.41 Å². The van der Waals surface area contributed by atoms with E-state index in [-0.39, 0.29) is 23.4 Å². The van der Waals surface area contributed by atoms with Gasteiger partial charge in [-0.05, 0) is 52.0 Å². The summed E-state index contributed by atoms with van der Waals surface area (Å²) in [4.78, 5) is 11.9. The monoisotopic (exact) mass is 234 g/mol. The predicted molar refractivity (Wildman–Crippen MR) is 68.5 cm³/mol. The quantitative estimate of drug-likeness (QED) is 0.472. The summed E-state index contributed by atoms with van der Waals surface area (Å²) in [6.45, 7) is 10.3. The topological polar surface area (TPSA) is 26.3 Å². The smallest absolute Gasteiger partial charge is 0.312 e. The van der Waals surface area contributed by atoms with E-state index in [1.165, 1.54) is 5.57 Å². The molecule has 0 aromatic carbocycles. The molecule has 1 aliphatic carbocycles. The molecule has 0 radical (unpaired) electrons. The third-order valence-electron chi connectivity index (χ3n) is 4.26. The molecule has 2 unspecified atom stereocenters. The summed E-state index contributed by atoms with van der Waals surface area (Å²) >= 11 is 0. The Morgan fingerprint density at radius 1 is 1.41 bits per heavy atom. The standard InChI is InChI=1S/C15H22O2/c1-10-6-5-7-11(2)13-12(9-8-10)15(3,4)14(16)17-13/h6,12-13H,2,5,7-9H2,1,3-4H3. The second kappa shape index (κ2) is 4.32. The molecule has 0 aromatic rings. The molecule has 1 saturated heterocycles. The molecule has 0 bridgehead atoms. The molecule has 17 heavy (non-hydrogen) atoms. The van der Waals surface area contributed by atoms with Crippen molar-refractivity contribution in [1.82, 2.24) is 0 Å². The molecule has 2 atom stereocenters. The van der Waals surface area contributed by atoms with Crippen molar-refractivity contribution in [3.63, 3.8) is 0 Å². The van der Waals surface area contributed by atoms with Gasteiger partial charge in [0, 0.05) is 5.92 Å². The first kappa shape index (κ1) is 12.4. The zero-order valence-electron chi connectivity index (χ0n) is 11.1. The molecule has 0 N–H and O–H groups in total. The van der Waals surface area contributed by atoms with Crippen molar-refractivity contribution in [3.05, 3.63) is 23.8 Å². The van der Waals surface area contributed by atoms with E-state index in [0.717, 1.165) is 31.3 Å². The molecule has 0 aromatic heterocycles. The van der Waals surface area contributed by atoms with Crippen LogP contribution in [-0.2, 0) is 9.53 Å². The molecule has 0 amide bonds. The molecule has 2 heteroatoms. The Morgan fingerprint density at radius 3 is 2.82 bits per heavy atom. The molecule has 2 aliphatic rings. The first-order chi connectivity index (χ1) is 7.93. The summed E-state index contributed by atoms with van der Waals surface area (Å²) in [6, 6.07) is 0. The first-order valence-electron chi connectivity index (χ1n) is 6.47. The van der Waals surface area contributed by atoms with Crippen LogP contribution < -0.4 is 0 Å². The lowest BCUT2D eigenvalue weighted by molar-refractivity contribution is -0.146. The van der Waals surface area contributed by atoms with Gasteiger partial charge in [0.2, 0.25) is 0 Å². The van der Waals surface area contributed by atoms with Gasteiger partial charge in [-0.15, -0.1) is 0 Å². The molecular weight excluding hydrogens is 212 g/mol. The lowest BCUT2D eigenvalue weighted by atomic mass is 9.74. The highest BCUT2D eigenvalue weighted by Crippen LogP contribution is 2.45. The average Bonchev–Trinajstić information content (AvgIpc) is 2.50. The number of rotatable bonds is 0. The number of allylic oxidation sites excluding steroid dienone is 2. The Balaban J connectivity index is 2.28. The summed E-state index contributed by atoms with van der Waals surface area (Å²) < 4.78 is 5.56. The Bertz CT molecular complexity index is 376. The van der Waals surface area contributed by atoms with Crippen molar-refractivity contribution in [2.75, 3.05) is 0 Å². The number of carbonyl (C=O) groups is 1. The molecular formula is C15H22O2. The minimum atomic E-state index is -0.363. The van der Waals surface area contributed by atoms with Crippen molar-refractivity contribution in [2.24, 2.45) is 11.3 Å². The highest BCUT2D eigenvalue weighted by atomic mass is 16.6. The maximum Gasteiger partial charge on any atom is 0.312 e. The summed E-state index contributed by atoms with van der Waals surface area (Å²) in [6.07, 6.45) is 6.27. The summed E-state index contributed by atoms with van der Waals surface area (Å²) in [5, 5.41) is 0. The molecule has 2 nitrogen and oxygen atoms in total. The van der Waals surface area contributed by atoms with Gasteiger partial charge in [-0.1, -0.05) is 18.2 Å². The van der Waals surface area contributed by atoms with Crippen molar-refractivity contribution < 1.29 is 9.53 Å². The van der Waals surface area contributed by atoms with Gasteiger partial charge < -0.3 is 4.74 Å². The zero-order valence-corrected chi connectivity index (χ0v) is 11.1. The summed E-state index contributed by atoms with van der Waals surface area (Å²) in [5.74, 6) is 0.222. The number of fused-ring (bicyclic) bond motifs is 1. The predicted octanol–water partition coefficient (Wildman–Crippen LogP) is 3.63. The van der Waals surface area contributed by atoms with Crippen LogP contribution in [0, 0.1) is 11.3 Å². The average molecular weight is 234 g/mol. The van der Waals surface area contributed by atoms with Crippen LogP contribution in [0.2, 0.25) is 0 Å². The van der Waals surface area contributed by atoms with Crippen LogP contribution in [-0.4, -0.2) is 12.1 Å². The first-order valence-corrected chi connectivity index (χ1v) is 6.47. The molecule has 0 saturated carbocycles. The molecule has 94 valence electrons. The van der Waals surface area contributed by atoms with E-state index in [9.17, 15) is 4.79 Å². The molecule has 1 heterocycles. The van der Waals surface area contributed by atoms with E-state index < -0.39 is 0 Å². The number of ether oxygens (including phenoxy) is 1. The normalized spacial score (nSPS) is 33.0. The maximum atomic E-state index is 11.9. The van der Waals surface area contributed by atoms with Gasteiger partial charge in [-0.3, -0.25) is 4.79 Å². The highest BCUT2D eigenvalue weighted by molar-refractivity contribution is 5.79. The van der Waals surface area contributed by atoms with Crippen LogP contribution in [0.25, 0.3) is 0 Å². The Morgan fingerprint density at radius 2 is 2.12 bits per heavy atom. The second-order valence-electron chi connectivity index (χ2n) is 5.94. The zero-order chi connectivity index (χ0) is 12.6. The molecule has 0 spiro atoms. The second-order valence-corrected chi connectivity index (χ2v) is 5.94. The third kappa shape index (κ3) is 2.18. The largest absolute Gasteiger partial charge is 0.457 e. The van der Waals surface area contributed by atoms with E-state index in [2.05, 4.69) is 19.6 Å². The van der Waals surface area contributed by atoms with Gasteiger partial charge in [0.1, 0.15) is 6.10 Å². The number of hydrogen-bond donors (Lipinski definition) is 0. The van der Waals surface area contributed by atoms with Crippen LogP contribution in [0.1, 0.15) is 46.5 Å². The fraction of sp³-hybridized carbons (Fsp3) is 0.667. The number of hydrogen-bond acceptors (Lipinski definition) is 2. The minimum Gasteiger partial charge on any atom is -0.457 e. The van der Waals surface area contributed by atoms with Crippen molar-refractivity contribution in [3.8, 4) is 0 Å². The number of carbonyl (C=O) groups excluding carboxylic acids is 1. The Hall–Kier alpha value is -1.05. The Kier molecular flexibility index (Phi) is 3.15. The van der Waals surface area contributed by atoms with Crippen LogP contribution in [0.3, 0.4) is 0 Å². The van der Waals surface area contributed by atoms with Crippen molar-refractivity contribution in [2.45, 2.75) is 52.6 Å². The van der Waals surface area contributed by atoms with E-state index in [1.54, 1.807) is 0 Å². The lowest BCUT2D eigenvalue weighted by Gasteiger charge is -2.25. The Labute approximate surface area is 104 Å². The van der Waals surface area contributed by atoms with Gasteiger partial charge >= 0.3 is 5.97 Å². The molecule has 1 fully saturated rings. The van der Waals surface area contributed by atoms with E-state index in [0.29, 0.717) is 0 Å². The van der Waals surface area contributed by atoms with E-state index in [1.807, 2.05) is 13.8 Å². The lowest BCUT2D eigenvalue weighted by Crippen LogP contribution is -2.29. The van der Waals surface area contributed by atoms with Gasteiger partial charge in [-0.2, -0.15) is 0 Å².